The number of rotatable bonds is 2. The zero-order valence-electron chi connectivity index (χ0n) is 9.10. The van der Waals surface area contributed by atoms with Crippen molar-refractivity contribution in [3.8, 4) is 0 Å². The van der Waals surface area contributed by atoms with Gasteiger partial charge in [-0.2, -0.15) is 0 Å². The summed E-state index contributed by atoms with van der Waals surface area (Å²) >= 11 is 5.72. The largest absolute Gasteiger partial charge is 0.316 e. The fraction of sp³-hybridized carbons (Fsp3) is 0.538. The molecule has 1 saturated heterocycles. The molecule has 0 bridgehead atoms. The molecule has 1 N–H and O–H groups in total. The first-order valence-electron chi connectivity index (χ1n) is 5.89. The average molecular weight is 240 g/mol. The van der Waals surface area contributed by atoms with Crippen molar-refractivity contribution < 1.29 is 4.39 Å². The van der Waals surface area contributed by atoms with Crippen LogP contribution in [-0.2, 0) is 5.41 Å². The van der Waals surface area contributed by atoms with Crippen LogP contribution in [0.3, 0.4) is 0 Å². The minimum atomic E-state index is -0.281. The van der Waals surface area contributed by atoms with Crippen LogP contribution in [0, 0.1) is 11.7 Å². The molecule has 86 valence electrons. The van der Waals surface area contributed by atoms with E-state index in [1.807, 2.05) is 6.07 Å². The normalized spacial score (nSPS) is 27.0. The highest BCUT2D eigenvalue weighted by Crippen LogP contribution is 2.55. The number of benzene rings is 1. The second-order valence-electron chi connectivity index (χ2n) is 4.97. The number of hydrogen-bond donors (Lipinski definition) is 1. The van der Waals surface area contributed by atoms with Crippen molar-refractivity contribution in [2.75, 3.05) is 13.1 Å². The highest BCUT2D eigenvalue weighted by Gasteiger charge is 2.51. The first-order chi connectivity index (χ1) is 7.72. The molecule has 3 heteroatoms. The maximum absolute atomic E-state index is 13.5. The van der Waals surface area contributed by atoms with Crippen molar-refractivity contribution in [1.82, 2.24) is 5.32 Å². The third-order valence-corrected chi connectivity index (χ3v) is 4.43. The fourth-order valence-electron chi connectivity index (χ4n) is 3.00. The van der Waals surface area contributed by atoms with Crippen molar-refractivity contribution in [1.29, 1.82) is 0 Å². The van der Waals surface area contributed by atoms with Crippen LogP contribution >= 0.6 is 11.6 Å². The maximum atomic E-state index is 13.5. The van der Waals surface area contributed by atoms with Crippen LogP contribution in [0.1, 0.15) is 24.8 Å². The summed E-state index contributed by atoms with van der Waals surface area (Å²) in [5, 5.41) is 3.62. The van der Waals surface area contributed by atoms with Gasteiger partial charge in [-0.25, -0.2) is 4.39 Å². The molecule has 2 aliphatic rings. The zero-order chi connectivity index (χ0) is 11.2. The number of hydrogen-bond acceptors (Lipinski definition) is 1. The lowest BCUT2D eigenvalue weighted by atomic mass is 9.82. The minimum absolute atomic E-state index is 0.226. The summed E-state index contributed by atoms with van der Waals surface area (Å²) in [6, 6.07) is 5.32. The Morgan fingerprint density at radius 1 is 1.38 bits per heavy atom. The Labute approximate surface area is 100.0 Å². The molecule has 1 aliphatic carbocycles. The molecule has 1 aliphatic heterocycles. The van der Waals surface area contributed by atoms with E-state index in [-0.39, 0.29) is 16.3 Å². The SMILES string of the molecule is Fc1cc(C2(C3CCNC3)CC2)ccc1Cl. The molecule has 3 rings (SSSR count). The summed E-state index contributed by atoms with van der Waals surface area (Å²) in [5.41, 5.74) is 1.39. The molecule has 1 saturated carbocycles. The van der Waals surface area contributed by atoms with E-state index in [9.17, 15) is 4.39 Å². The van der Waals surface area contributed by atoms with Crippen molar-refractivity contribution >= 4 is 11.6 Å². The molecule has 16 heavy (non-hydrogen) atoms. The van der Waals surface area contributed by atoms with Gasteiger partial charge in [-0.1, -0.05) is 17.7 Å². The second kappa shape index (κ2) is 3.71. The van der Waals surface area contributed by atoms with E-state index in [0.29, 0.717) is 5.92 Å². The van der Waals surface area contributed by atoms with Crippen molar-refractivity contribution in [2.45, 2.75) is 24.7 Å². The Bertz CT molecular complexity index is 408. The summed E-state index contributed by atoms with van der Waals surface area (Å²) < 4.78 is 13.5. The van der Waals surface area contributed by atoms with Crippen molar-refractivity contribution in [3.05, 3.63) is 34.6 Å². The average Bonchev–Trinajstić information content (AvgIpc) is 2.90. The number of nitrogens with one attached hydrogen (secondary N) is 1. The van der Waals surface area contributed by atoms with E-state index in [0.717, 1.165) is 18.7 Å². The first kappa shape index (κ1) is 10.5. The van der Waals surface area contributed by atoms with E-state index >= 15 is 0 Å². The monoisotopic (exact) mass is 239 g/mol. The molecule has 1 heterocycles. The van der Waals surface area contributed by atoms with E-state index < -0.39 is 0 Å². The smallest absolute Gasteiger partial charge is 0.142 e. The quantitative estimate of drug-likeness (QED) is 0.836. The van der Waals surface area contributed by atoms with E-state index in [2.05, 4.69) is 5.32 Å². The van der Waals surface area contributed by atoms with Gasteiger partial charge in [-0.05, 0) is 61.4 Å². The van der Waals surface area contributed by atoms with Crippen molar-refractivity contribution in [3.63, 3.8) is 0 Å². The minimum Gasteiger partial charge on any atom is -0.316 e. The van der Waals surface area contributed by atoms with Gasteiger partial charge in [0, 0.05) is 0 Å². The Balaban J connectivity index is 1.93. The predicted molar refractivity (Wildman–Crippen MR) is 63.3 cm³/mol. The van der Waals surface area contributed by atoms with Gasteiger partial charge in [0.1, 0.15) is 5.82 Å². The molecule has 0 radical (unpaired) electrons. The third kappa shape index (κ3) is 1.56. The highest BCUT2D eigenvalue weighted by atomic mass is 35.5. The summed E-state index contributed by atoms with van der Waals surface area (Å²) in [7, 11) is 0. The standard InChI is InChI=1S/C13H15ClFN/c14-11-2-1-9(7-12(11)15)13(4-5-13)10-3-6-16-8-10/h1-2,7,10,16H,3-6,8H2. The summed E-state index contributed by atoms with van der Waals surface area (Å²) in [5.74, 6) is 0.393. The Morgan fingerprint density at radius 2 is 2.19 bits per heavy atom. The van der Waals surface area contributed by atoms with Gasteiger partial charge in [-0.3, -0.25) is 0 Å². The van der Waals surface area contributed by atoms with E-state index in [4.69, 9.17) is 11.6 Å². The first-order valence-corrected chi connectivity index (χ1v) is 6.26. The Morgan fingerprint density at radius 3 is 2.75 bits per heavy atom. The van der Waals surface area contributed by atoms with Crippen LogP contribution in [0.2, 0.25) is 5.02 Å². The molecule has 1 nitrogen and oxygen atoms in total. The van der Waals surface area contributed by atoms with Gasteiger partial charge >= 0.3 is 0 Å². The van der Waals surface area contributed by atoms with E-state index in [1.165, 1.54) is 19.3 Å². The fourth-order valence-corrected chi connectivity index (χ4v) is 3.12. The molecule has 1 aromatic carbocycles. The Kier molecular flexibility index (Phi) is 2.45. The topological polar surface area (TPSA) is 12.0 Å². The third-order valence-electron chi connectivity index (χ3n) is 4.12. The van der Waals surface area contributed by atoms with Gasteiger partial charge < -0.3 is 5.32 Å². The molecule has 1 atom stereocenters. The Hall–Kier alpha value is -0.600. The van der Waals surface area contributed by atoms with Crippen LogP contribution in [0.5, 0.6) is 0 Å². The summed E-state index contributed by atoms with van der Waals surface area (Å²) in [6.07, 6.45) is 3.60. The van der Waals surface area contributed by atoms with Gasteiger partial charge in [-0.15, -0.1) is 0 Å². The maximum Gasteiger partial charge on any atom is 0.142 e. The van der Waals surface area contributed by atoms with Gasteiger partial charge in [0.15, 0.2) is 0 Å². The molecular formula is C13H15ClFN. The van der Waals surface area contributed by atoms with E-state index in [1.54, 1.807) is 12.1 Å². The molecule has 0 aromatic heterocycles. The molecule has 1 unspecified atom stereocenters. The molecule has 0 spiro atoms. The predicted octanol–water partition coefficient (Wildman–Crippen LogP) is 3.12. The van der Waals surface area contributed by atoms with Gasteiger partial charge in [0.2, 0.25) is 0 Å². The lowest BCUT2D eigenvalue weighted by Crippen LogP contribution is -2.23. The van der Waals surface area contributed by atoms with Gasteiger partial charge in [0.25, 0.3) is 0 Å². The summed E-state index contributed by atoms with van der Waals surface area (Å²) in [4.78, 5) is 0. The van der Waals surface area contributed by atoms with Crippen LogP contribution < -0.4 is 5.32 Å². The van der Waals surface area contributed by atoms with Crippen molar-refractivity contribution in [2.24, 2.45) is 5.92 Å². The van der Waals surface area contributed by atoms with Gasteiger partial charge in [0.05, 0.1) is 5.02 Å². The van der Waals surface area contributed by atoms with Crippen LogP contribution in [-0.4, -0.2) is 13.1 Å². The lowest BCUT2D eigenvalue weighted by molar-refractivity contribution is 0.437. The number of halogens is 2. The summed E-state index contributed by atoms with van der Waals surface area (Å²) in [6.45, 7) is 2.17. The molecular weight excluding hydrogens is 225 g/mol. The van der Waals surface area contributed by atoms with Crippen LogP contribution in [0.25, 0.3) is 0 Å². The van der Waals surface area contributed by atoms with Crippen LogP contribution in [0.15, 0.2) is 18.2 Å². The lowest BCUT2D eigenvalue weighted by Gasteiger charge is -2.22. The molecule has 0 amide bonds. The van der Waals surface area contributed by atoms with Crippen LogP contribution in [0.4, 0.5) is 4.39 Å². The highest BCUT2D eigenvalue weighted by molar-refractivity contribution is 6.30. The molecule has 1 aromatic rings. The second-order valence-corrected chi connectivity index (χ2v) is 5.38. The zero-order valence-corrected chi connectivity index (χ0v) is 9.86. The molecule has 2 fully saturated rings.